The number of thiophene rings is 1. The minimum Gasteiger partial charge on any atom is -0.360 e. The van der Waals surface area contributed by atoms with E-state index in [4.69, 9.17) is 4.52 Å². The lowest BCUT2D eigenvalue weighted by Crippen LogP contribution is -2.19. The van der Waals surface area contributed by atoms with Crippen LogP contribution in [0.25, 0.3) is 16.5 Å². The number of carbonyl (C=O) groups excluding carboxylic acids is 1. The van der Waals surface area contributed by atoms with Gasteiger partial charge in [-0.1, -0.05) is 24.6 Å². The fourth-order valence-corrected chi connectivity index (χ4v) is 3.97. The second-order valence-electron chi connectivity index (χ2n) is 7.46. The summed E-state index contributed by atoms with van der Waals surface area (Å²) in [6.45, 7) is 2.02. The van der Waals surface area contributed by atoms with Crippen LogP contribution in [0.4, 0.5) is 5.82 Å². The predicted molar refractivity (Wildman–Crippen MR) is 116 cm³/mol. The number of rotatable bonds is 7. The Bertz CT molecular complexity index is 1280. The minimum atomic E-state index is -0.415. The van der Waals surface area contributed by atoms with Gasteiger partial charge in [-0.05, 0) is 30.7 Å². The van der Waals surface area contributed by atoms with E-state index in [0.29, 0.717) is 29.5 Å². The van der Waals surface area contributed by atoms with Crippen molar-refractivity contribution in [3.63, 3.8) is 0 Å². The number of anilines is 1. The molecule has 2 N–H and O–H groups in total. The summed E-state index contributed by atoms with van der Waals surface area (Å²) in [6, 6.07) is 8.76. The molecule has 0 radical (unpaired) electrons. The molecule has 0 spiro atoms. The fourth-order valence-electron chi connectivity index (χ4n) is 3.29. The molecule has 1 aliphatic carbocycles. The number of nitrogens with zero attached hydrogens (tertiary/aromatic N) is 4. The van der Waals surface area contributed by atoms with E-state index < -0.39 is 5.91 Å². The third-order valence-corrected chi connectivity index (χ3v) is 5.85. The maximum atomic E-state index is 12.8. The summed E-state index contributed by atoms with van der Waals surface area (Å²) in [7, 11) is 0. The molecule has 1 aliphatic rings. The molecule has 158 valence electrons. The van der Waals surface area contributed by atoms with Crippen LogP contribution < -0.4 is 10.9 Å². The molecular weight excluding hydrogens is 416 g/mol. The average molecular weight is 436 g/mol. The van der Waals surface area contributed by atoms with Crippen LogP contribution >= 0.6 is 11.3 Å². The zero-order chi connectivity index (χ0) is 21.4. The number of nitrogens with one attached hydrogen (secondary N) is 2. The van der Waals surface area contributed by atoms with E-state index >= 15 is 0 Å². The van der Waals surface area contributed by atoms with Crippen molar-refractivity contribution in [2.24, 2.45) is 0 Å². The number of aryl methyl sites for hydroxylation is 1. The van der Waals surface area contributed by atoms with Gasteiger partial charge in [0.1, 0.15) is 17.3 Å². The molecule has 4 aromatic heterocycles. The first kappa shape index (κ1) is 19.4. The maximum Gasteiger partial charge on any atom is 0.279 e. The van der Waals surface area contributed by atoms with Crippen molar-refractivity contribution in [1.82, 2.24) is 24.9 Å². The molecule has 0 saturated heterocycles. The predicted octanol–water partition coefficient (Wildman–Crippen LogP) is 3.75. The Kier molecular flexibility index (Phi) is 4.99. The summed E-state index contributed by atoms with van der Waals surface area (Å²) in [6.07, 6.45) is 3.63. The van der Waals surface area contributed by atoms with Crippen LogP contribution in [-0.4, -0.2) is 30.8 Å². The first-order valence-electron chi connectivity index (χ1n) is 10.1. The van der Waals surface area contributed by atoms with Gasteiger partial charge in [0, 0.05) is 29.8 Å². The van der Waals surface area contributed by atoms with Crippen molar-refractivity contribution < 1.29 is 9.32 Å². The zero-order valence-electron chi connectivity index (χ0n) is 16.8. The van der Waals surface area contributed by atoms with Crippen molar-refractivity contribution in [3.8, 4) is 16.5 Å². The molecule has 0 aromatic carbocycles. The highest BCUT2D eigenvalue weighted by molar-refractivity contribution is 7.13. The molecule has 4 aromatic rings. The lowest BCUT2D eigenvalue weighted by molar-refractivity contribution is 0.101. The van der Waals surface area contributed by atoms with E-state index in [-0.39, 0.29) is 17.2 Å². The number of hydrogen-bond donors (Lipinski definition) is 2. The molecule has 9 nitrogen and oxygen atoms in total. The Labute approximate surface area is 181 Å². The quantitative estimate of drug-likeness (QED) is 0.455. The molecule has 1 saturated carbocycles. The molecule has 0 unspecified atom stereocenters. The zero-order valence-corrected chi connectivity index (χ0v) is 17.6. The van der Waals surface area contributed by atoms with E-state index in [2.05, 4.69) is 25.5 Å². The standard InChI is InChI=1S/C21H20N6O3S/c1-2-4-13-9-19(28)24-21(22-13)27-18(11-14(25-27)17-5-3-8-31-17)23-20(29)15-10-16(30-26-15)12-6-7-12/h3,5,8-12H,2,4,6-7H2,1H3,(H,23,29)(H,22,24,28). The van der Waals surface area contributed by atoms with Crippen LogP contribution in [0, 0.1) is 0 Å². The number of hydrogen-bond acceptors (Lipinski definition) is 7. The highest BCUT2D eigenvalue weighted by Gasteiger charge is 2.29. The second kappa shape index (κ2) is 7.95. The number of carbonyl (C=O) groups is 1. The lowest BCUT2D eigenvalue weighted by Gasteiger charge is -2.08. The molecule has 1 fully saturated rings. The molecule has 31 heavy (non-hydrogen) atoms. The Balaban J connectivity index is 1.52. The Morgan fingerprint density at radius 3 is 2.97 bits per heavy atom. The normalized spacial score (nSPS) is 13.5. The summed E-state index contributed by atoms with van der Waals surface area (Å²) >= 11 is 1.53. The first-order chi connectivity index (χ1) is 15.1. The van der Waals surface area contributed by atoms with Gasteiger partial charge in [-0.25, -0.2) is 4.98 Å². The lowest BCUT2D eigenvalue weighted by atomic mass is 10.2. The van der Waals surface area contributed by atoms with Crippen LogP contribution in [0.1, 0.15) is 54.0 Å². The Morgan fingerprint density at radius 1 is 1.35 bits per heavy atom. The van der Waals surface area contributed by atoms with Crippen molar-refractivity contribution in [3.05, 3.63) is 63.2 Å². The van der Waals surface area contributed by atoms with Gasteiger partial charge < -0.3 is 9.84 Å². The van der Waals surface area contributed by atoms with E-state index in [9.17, 15) is 9.59 Å². The summed E-state index contributed by atoms with van der Waals surface area (Å²) in [4.78, 5) is 33.2. The third kappa shape index (κ3) is 4.06. The molecule has 0 atom stereocenters. The van der Waals surface area contributed by atoms with Crippen molar-refractivity contribution in [1.29, 1.82) is 0 Å². The van der Waals surface area contributed by atoms with Gasteiger partial charge in [-0.3, -0.25) is 14.6 Å². The van der Waals surface area contributed by atoms with Crippen molar-refractivity contribution in [2.75, 3.05) is 5.32 Å². The van der Waals surface area contributed by atoms with Crippen molar-refractivity contribution in [2.45, 2.75) is 38.5 Å². The number of aromatic nitrogens is 5. The average Bonchev–Trinajstić information content (AvgIpc) is 3.14. The maximum absolute atomic E-state index is 12.8. The van der Waals surface area contributed by atoms with Crippen LogP contribution in [0.2, 0.25) is 0 Å². The molecular formula is C21H20N6O3S. The highest BCUT2D eigenvalue weighted by atomic mass is 32.1. The largest absolute Gasteiger partial charge is 0.360 e. The van der Waals surface area contributed by atoms with Crippen molar-refractivity contribution >= 4 is 23.1 Å². The molecule has 1 amide bonds. The summed E-state index contributed by atoms with van der Waals surface area (Å²) in [5.41, 5.74) is 1.25. The summed E-state index contributed by atoms with van der Waals surface area (Å²) < 4.78 is 6.73. The smallest absolute Gasteiger partial charge is 0.279 e. The van der Waals surface area contributed by atoms with Crippen LogP contribution in [0.3, 0.4) is 0 Å². The van der Waals surface area contributed by atoms with E-state index in [1.807, 2.05) is 24.4 Å². The number of H-pyrrole nitrogens is 1. The van der Waals surface area contributed by atoms with Gasteiger partial charge in [-0.15, -0.1) is 11.3 Å². The molecule has 0 bridgehead atoms. The number of aromatic amines is 1. The van der Waals surface area contributed by atoms with E-state index in [0.717, 1.165) is 29.9 Å². The minimum absolute atomic E-state index is 0.202. The summed E-state index contributed by atoms with van der Waals surface area (Å²) in [5, 5.41) is 13.3. The fraction of sp³-hybridized carbons (Fsp3) is 0.286. The molecule has 5 rings (SSSR count). The van der Waals surface area contributed by atoms with E-state index in [1.54, 1.807) is 12.1 Å². The SMILES string of the molecule is CCCc1cc(=O)[nH]c(-n2nc(-c3cccs3)cc2NC(=O)c2cc(C3CC3)on2)n1. The molecule has 4 heterocycles. The first-order valence-corrected chi connectivity index (χ1v) is 11.0. The van der Waals surface area contributed by atoms with Gasteiger partial charge in [0.15, 0.2) is 5.69 Å². The van der Waals surface area contributed by atoms with Gasteiger partial charge in [0.05, 0.1) is 4.88 Å². The van der Waals surface area contributed by atoms with Gasteiger partial charge >= 0.3 is 0 Å². The van der Waals surface area contributed by atoms with E-state index in [1.165, 1.54) is 22.1 Å². The van der Waals surface area contributed by atoms with Crippen LogP contribution in [0.15, 0.2) is 45.0 Å². The Morgan fingerprint density at radius 2 is 2.23 bits per heavy atom. The second-order valence-corrected chi connectivity index (χ2v) is 8.40. The van der Waals surface area contributed by atoms with Gasteiger partial charge in [0.25, 0.3) is 11.5 Å². The highest BCUT2D eigenvalue weighted by Crippen LogP contribution is 2.40. The van der Waals surface area contributed by atoms with Crippen LogP contribution in [0.5, 0.6) is 0 Å². The van der Waals surface area contributed by atoms with Crippen LogP contribution in [-0.2, 0) is 6.42 Å². The molecule has 0 aliphatic heterocycles. The number of amides is 1. The monoisotopic (exact) mass is 436 g/mol. The Hall–Kier alpha value is -3.53. The topological polar surface area (TPSA) is 119 Å². The van der Waals surface area contributed by atoms with Gasteiger partial charge in [0.2, 0.25) is 5.95 Å². The third-order valence-electron chi connectivity index (χ3n) is 4.95. The molecule has 10 heteroatoms. The van der Waals surface area contributed by atoms with Gasteiger partial charge in [-0.2, -0.15) is 9.78 Å². The summed E-state index contributed by atoms with van der Waals surface area (Å²) in [5.74, 6) is 1.30.